The van der Waals surface area contributed by atoms with Crippen LogP contribution in [0.15, 0.2) is 11.8 Å². The van der Waals surface area contributed by atoms with Crippen LogP contribution in [0.25, 0.3) is 0 Å². The van der Waals surface area contributed by atoms with E-state index in [4.69, 9.17) is 0 Å². The fraction of sp³-hybridized carbons (Fsp3) is 0.500. The van der Waals surface area contributed by atoms with E-state index in [2.05, 4.69) is 4.74 Å². The van der Waals surface area contributed by atoms with Crippen LogP contribution >= 0.6 is 0 Å². The van der Waals surface area contributed by atoms with Crippen LogP contribution in [-0.2, 0) is 9.53 Å². The van der Waals surface area contributed by atoms with Gasteiger partial charge in [-0.25, -0.2) is 4.39 Å². The van der Waals surface area contributed by atoms with Crippen molar-refractivity contribution in [2.75, 3.05) is 0 Å². The normalized spacial score (nSPS) is 30.3. The highest BCUT2D eigenvalue weighted by Gasteiger charge is 2.78. The van der Waals surface area contributed by atoms with Crippen molar-refractivity contribution in [3.8, 4) is 0 Å². The van der Waals surface area contributed by atoms with Crippen LogP contribution in [0.5, 0.6) is 0 Å². The van der Waals surface area contributed by atoms with E-state index in [1.165, 1.54) is 0 Å². The molecule has 0 radical (unpaired) electrons. The molecular weight excluding hydrogens is 218 g/mol. The van der Waals surface area contributed by atoms with E-state index in [1.54, 1.807) is 0 Å². The molecule has 1 aliphatic rings. The van der Waals surface area contributed by atoms with E-state index in [1.807, 2.05) is 0 Å². The van der Waals surface area contributed by atoms with Gasteiger partial charge in [0.05, 0.1) is 0 Å². The second kappa shape index (κ2) is 2.64. The molecule has 1 rings (SSSR count). The molecule has 0 aromatic carbocycles. The average molecular weight is 220 g/mol. The van der Waals surface area contributed by atoms with E-state index < -0.39 is 36.1 Å². The second-order valence-corrected chi connectivity index (χ2v) is 2.51. The van der Waals surface area contributed by atoms with Crippen molar-refractivity contribution in [1.82, 2.24) is 0 Å². The third-order valence-electron chi connectivity index (χ3n) is 1.68. The molecule has 0 aromatic heterocycles. The zero-order chi connectivity index (χ0) is 11.2. The molecule has 0 saturated carbocycles. The van der Waals surface area contributed by atoms with E-state index in [-0.39, 0.29) is 0 Å². The first-order valence-electron chi connectivity index (χ1n) is 3.14. The largest absolute Gasteiger partial charge is 0.432 e. The number of hydrogen-bond acceptors (Lipinski definition) is 2. The first kappa shape index (κ1) is 10.9. The molecule has 2 nitrogen and oxygen atoms in total. The summed E-state index contributed by atoms with van der Waals surface area (Å²) < 4.78 is 76.3. The van der Waals surface area contributed by atoms with Crippen LogP contribution in [0.2, 0.25) is 0 Å². The molecule has 0 aromatic rings. The fourth-order valence-electron chi connectivity index (χ4n) is 0.883. The summed E-state index contributed by atoms with van der Waals surface area (Å²) in [6.45, 7) is -0.504. The van der Waals surface area contributed by atoms with Crippen molar-refractivity contribution >= 4 is 6.47 Å². The monoisotopic (exact) mass is 220 g/mol. The minimum atomic E-state index is -5.74. The highest BCUT2D eigenvalue weighted by molar-refractivity contribution is 5.46. The van der Waals surface area contributed by atoms with Crippen LogP contribution in [0.1, 0.15) is 0 Å². The molecule has 0 fully saturated rings. The predicted molar refractivity (Wildman–Crippen MR) is 30.1 cm³/mol. The van der Waals surface area contributed by atoms with Crippen molar-refractivity contribution < 1.29 is 35.9 Å². The lowest BCUT2D eigenvalue weighted by Crippen LogP contribution is -2.61. The van der Waals surface area contributed by atoms with Gasteiger partial charge in [-0.05, 0) is 0 Å². The van der Waals surface area contributed by atoms with Gasteiger partial charge < -0.3 is 4.74 Å². The molecular formula is C6H2F6O2. The summed E-state index contributed by atoms with van der Waals surface area (Å²) in [4.78, 5) is 9.56. The molecule has 0 spiro atoms. The van der Waals surface area contributed by atoms with Gasteiger partial charge in [0.1, 0.15) is 0 Å². The Balaban J connectivity index is 3.04. The molecule has 1 atom stereocenters. The molecule has 0 N–H and O–H groups in total. The summed E-state index contributed by atoms with van der Waals surface area (Å²) >= 11 is 0. The maximum absolute atomic E-state index is 12.6. The first-order valence-corrected chi connectivity index (χ1v) is 3.14. The Labute approximate surface area is 73.1 Å². The maximum Gasteiger partial charge on any atom is 0.432 e. The zero-order valence-electron chi connectivity index (χ0n) is 6.24. The van der Waals surface area contributed by atoms with E-state index in [0.717, 1.165) is 0 Å². The Morgan fingerprint density at radius 1 is 1.29 bits per heavy atom. The number of ether oxygens (including phenoxy) is 1. The number of carbonyl (C=O) groups excluding carboxylic acids is 1. The predicted octanol–water partition coefficient (Wildman–Crippen LogP) is 1.96. The van der Waals surface area contributed by atoms with Crippen molar-refractivity contribution in [2.24, 2.45) is 0 Å². The lowest BCUT2D eigenvalue weighted by atomic mass is 9.84. The summed E-state index contributed by atoms with van der Waals surface area (Å²) in [5, 5.41) is 0. The topological polar surface area (TPSA) is 26.3 Å². The summed E-state index contributed by atoms with van der Waals surface area (Å²) in [7, 11) is 0. The lowest BCUT2D eigenvalue weighted by molar-refractivity contribution is -0.294. The summed E-state index contributed by atoms with van der Waals surface area (Å²) in [5.41, 5.74) is -4.75. The Morgan fingerprint density at radius 2 is 1.79 bits per heavy atom. The van der Waals surface area contributed by atoms with Gasteiger partial charge in [-0.1, -0.05) is 0 Å². The number of carbonyl (C=O) groups is 1. The van der Waals surface area contributed by atoms with Gasteiger partial charge >= 0.3 is 12.1 Å². The Kier molecular flexibility index (Phi) is 2.05. The van der Waals surface area contributed by atoms with Gasteiger partial charge in [0, 0.05) is 6.08 Å². The van der Waals surface area contributed by atoms with Crippen LogP contribution in [0.3, 0.4) is 0 Å². The van der Waals surface area contributed by atoms with Crippen LogP contribution in [0, 0.1) is 0 Å². The number of allylic oxidation sites excluding steroid dienone is 2. The number of halogens is 6. The van der Waals surface area contributed by atoms with E-state index in [0.29, 0.717) is 0 Å². The van der Waals surface area contributed by atoms with Crippen molar-refractivity contribution in [2.45, 2.75) is 17.8 Å². The van der Waals surface area contributed by atoms with Gasteiger partial charge in [-0.15, -0.1) is 0 Å². The molecule has 1 aliphatic carbocycles. The van der Waals surface area contributed by atoms with Gasteiger partial charge in [0.2, 0.25) is 0 Å². The Hall–Kier alpha value is -1.21. The van der Waals surface area contributed by atoms with Crippen LogP contribution in [-0.4, -0.2) is 24.2 Å². The minimum Gasteiger partial charge on any atom is -0.427 e. The summed E-state index contributed by atoms with van der Waals surface area (Å²) in [6.07, 6.45) is -6.21. The second-order valence-electron chi connectivity index (χ2n) is 2.51. The molecule has 0 saturated heterocycles. The minimum absolute atomic E-state index is 0.471. The molecule has 0 aliphatic heterocycles. The van der Waals surface area contributed by atoms with Crippen molar-refractivity contribution in [3.63, 3.8) is 0 Å². The number of rotatable bonds is 2. The molecule has 14 heavy (non-hydrogen) atoms. The fourth-order valence-corrected chi connectivity index (χ4v) is 0.883. The van der Waals surface area contributed by atoms with Gasteiger partial charge in [0.15, 0.2) is 5.76 Å². The zero-order valence-corrected chi connectivity index (χ0v) is 6.24. The Bertz CT molecular complexity index is 293. The van der Waals surface area contributed by atoms with Crippen LogP contribution < -0.4 is 0 Å². The maximum atomic E-state index is 12.6. The van der Waals surface area contributed by atoms with Gasteiger partial charge in [-0.2, -0.15) is 22.0 Å². The van der Waals surface area contributed by atoms with E-state index >= 15 is 0 Å². The molecule has 0 amide bonds. The first-order chi connectivity index (χ1) is 6.17. The highest BCUT2D eigenvalue weighted by Crippen LogP contribution is 2.56. The third kappa shape index (κ3) is 1.09. The SMILES string of the molecule is O=COC1=CC(F)(C(F)(F)F)C1(F)F. The molecule has 0 heterocycles. The van der Waals surface area contributed by atoms with Crippen molar-refractivity contribution in [1.29, 1.82) is 0 Å². The summed E-state index contributed by atoms with van der Waals surface area (Å²) in [5.74, 6) is -6.49. The lowest BCUT2D eigenvalue weighted by Gasteiger charge is -2.39. The van der Waals surface area contributed by atoms with Crippen LogP contribution in [0.4, 0.5) is 26.3 Å². The third-order valence-corrected chi connectivity index (χ3v) is 1.68. The van der Waals surface area contributed by atoms with E-state index in [9.17, 15) is 31.1 Å². The number of alkyl halides is 6. The van der Waals surface area contributed by atoms with Gasteiger partial charge in [-0.3, -0.25) is 4.79 Å². The van der Waals surface area contributed by atoms with Gasteiger partial charge in [0.25, 0.3) is 12.1 Å². The standard InChI is InChI=1S/C6H2F6O2/c7-4(6(10,11)12)1-3(14-2-13)5(4,8)9/h1-2H. The smallest absolute Gasteiger partial charge is 0.427 e. The molecule has 1 unspecified atom stereocenters. The quantitative estimate of drug-likeness (QED) is 0.525. The van der Waals surface area contributed by atoms with Crippen molar-refractivity contribution in [3.05, 3.63) is 11.8 Å². The average Bonchev–Trinajstić information content (AvgIpc) is 2.02. The summed E-state index contributed by atoms with van der Waals surface area (Å²) in [6, 6.07) is 0. The molecule has 0 bridgehead atoms. The molecule has 8 heteroatoms. The highest BCUT2D eigenvalue weighted by atomic mass is 19.4. The number of hydrogen-bond donors (Lipinski definition) is 0. The Morgan fingerprint density at radius 3 is 2.07 bits per heavy atom. The molecule has 80 valence electrons.